The fraction of sp³-hybridized carbons (Fsp3) is 0.414. The molecule has 0 saturated carbocycles. The molecule has 2 aromatic carbocycles. The predicted octanol–water partition coefficient (Wildman–Crippen LogP) is 4.61. The number of anilines is 1. The maximum atomic E-state index is 13.5. The number of nitrogens with zero attached hydrogens (tertiary/aromatic N) is 3. The quantitative estimate of drug-likeness (QED) is 0.592. The Kier molecular flexibility index (Phi) is 8.31. The van der Waals surface area contributed by atoms with Crippen LogP contribution in [0.1, 0.15) is 37.3 Å². The number of hydrogen-bond acceptors (Lipinski definition) is 5. The molecule has 4 rings (SSSR count). The molecule has 0 spiro atoms. The van der Waals surface area contributed by atoms with Crippen LogP contribution in [0.2, 0.25) is 0 Å². The van der Waals surface area contributed by atoms with Gasteiger partial charge in [-0.2, -0.15) is 0 Å². The Morgan fingerprint density at radius 3 is 2.33 bits per heavy atom. The minimum atomic E-state index is -0.309. The molecular formula is C29H38FN5O. The lowest BCUT2D eigenvalue weighted by Crippen LogP contribution is -2.48. The van der Waals surface area contributed by atoms with Crippen LogP contribution in [0, 0.1) is 18.7 Å². The average Bonchev–Trinajstić information content (AvgIpc) is 2.89. The third-order valence-corrected chi connectivity index (χ3v) is 7.31. The number of nitrogens with two attached hydrogens (primary N) is 1. The molecule has 2 heterocycles. The van der Waals surface area contributed by atoms with E-state index in [1.807, 2.05) is 41.0 Å². The molecule has 2 aliphatic heterocycles. The third kappa shape index (κ3) is 6.26. The minimum Gasteiger partial charge on any atom is -0.395 e. The van der Waals surface area contributed by atoms with E-state index < -0.39 is 0 Å². The van der Waals surface area contributed by atoms with Gasteiger partial charge in [0.25, 0.3) is 0 Å². The lowest BCUT2D eigenvalue weighted by molar-refractivity contribution is -0.133. The van der Waals surface area contributed by atoms with Crippen molar-refractivity contribution < 1.29 is 9.18 Å². The summed E-state index contributed by atoms with van der Waals surface area (Å²) >= 11 is 0. The first-order valence-electron chi connectivity index (χ1n) is 12.9. The summed E-state index contributed by atoms with van der Waals surface area (Å²) < 4.78 is 13.5. The summed E-state index contributed by atoms with van der Waals surface area (Å²) in [4.78, 5) is 19.5. The van der Waals surface area contributed by atoms with E-state index in [1.54, 1.807) is 12.1 Å². The maximum Gasteiger partial charge on any atom is 0.223 e. The smallest absolute Gasteiger partial charge is 0.223 e. The van der Waals surface area contributed by atoms with E-state index in [0.29, 0.717) is 43.5 Å². The number of amides is 1. The molecule has 2 fully saturated rings. The van der Waals surface area contributed by atoms with Crippen LogP contribution in [-0.2, 0) is 4.79 Å². The summed E-state index contributed by atoms with van der Waals surface area (Å²) in [6.45, 7) is 13.4. The zero-order valence-electron chi connectivity index (χ0n) is 21.5. The number of carbonyl (C=O) groups excluding carboxylic acids is 1. The van der Waals surface area contributed by atoms with Gasteiger partial charge in [-0.25, -0.2) is 4.39 Å². The van der Waals surface area contributed by atoms with Gasteiger partial charge in [0, 0.05) is 36.5 Å². The van der Waals surface area contributed by atoms with Gasteiger partial charge in [-0.05, 0) is 81.7 Å². The SMILES string of the molecule is C=C1CN(C(=O)CC2CCN(CC)CC2)CCN1/C(Nc1ccc(C)cc1)=C(\N)c1ccc(F)cc1. The highest BCUT2D eigenvalue weighted by Crippen LogP contribution is 2.27. The molecule has 0 aliphatic carbocycles. The molecule has 2 aliphatic rings. The second-order valence-corrected chi connectivity index (χ2v) is 9.88. The number of rotatable bonds is 7. The van der Waals surface area contributed by atoms with Crippen molar-refractivity contribution in [1.29, 1.82) is 0 Å². The van der Waals surface area contributed by atoms with Crippen molar-refractivity contribution in [3.05, 3.63) is 83.6 Å². The van der Waals surface area contributed by atoms with Crippen molar-refractivity contribution in [1.82, 2.24) is 14.7 Å². The van der Waals surface area contributed by atoms with Gasteiger partial charge in [0.05, 0.1) is 12.2 Å². The zero-order chi connectivity index (χ0) is 25.7. The van der Waals surface area contributed by atoms with E-state index in [1.165, 1.54) is 12.1 Å². The van der Waals surface area contributed by atoms with E-state index in [2.05, 4.69) is 23.7 Å². The first-order valence-corrected chi connectivity index (χ1v) is 12.9. The highest BCUT2D eigenvalue weighted by Gasteiger charge is 2.29. The summed E-state index contributed by atoms with van der Waals surface area (Å²) in [7, 11) is 0. The van der Waals surface area contributed by atoms with Crippen LogP contribution in [0.25, 0.3) is 5.70 Å². The predicted molar refractivity (Wildman–Crippen MR) is 144 cm³/mol. The van der Waals surface area contributed by atoms with Gasteiger partial charge in [0.1, 0.15) is 11.6 Å². The first-order chi connectivity index (χ1) is 17.3. The zero-order valence-corrected chi connectivity index (χ0v) is 21.5. The van der Waals surface area contributed by atoms with E-state index in [-0.39, 0.29) is 11.7 Å². The molecule has 2 saturated heterocycles. The highest BCUT2D eigenvalue weighted by atomic mass is 19.1. The molecule has 6 nitrogen and oxygen atoms in total. The molecule has 36 heavy (non-hydrogen) atoms. The number of halogens is 1. The van der Waals surface area contributed by atoms with Crippen molar-refractivity contribution >= 4 is 17.3 Å². The van der Waals surface area contributed by atoms with Gasteiger partial charge in [0.2, 0.25) is 5.91 Å². The molecule has 0 radical (unpaired) electrons. The normalized spacial score (nSPS) is 18.2. The van der Waals surface area contributed by atoms with Gasteiger partial charge >= 0.3 is 0 Å². The Morgan fingerprint density at radius 2 is 1.72 bits per heavy atom. The fourth-order valence-electron chi connectivity index (χ4n) is 4.95. The molecular weight excluding hydrogens is 453 g/mol. The number of hydrogen-bond donors (Lipinski definition) is 2. The first kappa shape index (κ1) is 25.8. The fourth-order valence-corrected chi connectivity index (χ4v) is 4.95. The van der Waals surface area contributed by atoms with E-state index in [4.69, 9.17) is 5.73 Å². The van der Waals surface area contributed by atoms with Gasteiger partial charge < -0.3 is 25.8 Å². The largest absolute Gasteiger partial charge is 0.395 e. The van der Waals surface area contributed by atoms with E-state index >= 15 is 0 Å². The molecule has 0 bridgehead atoms. The second-order valence-electron chi connectivity index (χ2n) is 9.88. The van der Waals surface area contributed by atoms with Crippen molar-refractivity contribution in [3.63, 3.8) is 0 Å². The van der Waals surface area contributed by atoms with E-state index in [0.717, 1.165) is 55.0 Å². The molecule has 0 atom stereocenters. The maximum absolute atomic E-state index is 13.5. The Labute approximate surface area is 214 Å². The number of benzene rings is 2. The van der Waals surface area contributed by atoms with Gasteiger partial charge in [-0.3, -0.25) is 4.79 Å². The Bertz CT molecular complexity index is 1090. The average molecular weight is 492 g/mol. The van der Waals surface area contributed by atoms with Gasteiger partial charge in [-0.15, -0.1) is 0 Å². The lowest BCUT2D eigenvalue weighted by atomic mass is 9.93. The number of likely N-dealkylation sites (tertiary alicyclic amines) is 1. The van der Waals surface area contributed by atoms with Crippen LogP contribution >= 0.6 is 0 Å². The molecule has 3 N–H and O–H groups in total. The number of nitrogens with one attached hydrogen (secondary N) is 1. The van der Waals surface area contributed by atoms with Crippen LogP contribution in [-0.4, -0.2) is 59.9 Å². The Hall–Kier alpha value is -3.32. The van der Waals surface area contributed by atoms with Gasteiger partial charge in [0.15, 0.2) is 0 Å². The topological polar surface area (TPSA) is 64.8 Å². The minimum absolute atomic E-state index is 0.203. The Balaban J connectivity index is 1.48. The summed E-state index contributed by atoms with van der Waals surface area (Å²) in [5.41, 5.74) is 10.7. The number of aryl methyl sites for hydroxylation is 1. The highest BCUT2D eigenvalue weighted by molar-refractivity contribution is 5.77. The molecule has 1 amide bonds. The van der Waals surface area contributed by atoms with Crippen molar-refractivity contribution in [2.24, 2.45) is 11.7 Å². The lowest BCUT2D eigenvalue weighted by Gasteiger charge is -2.40. The number of piperidine rings is 1. The second kappa shape index (κ2) is 11.6. The third-order valence-electron chi connectivity index (χ3n) is 7.31. The van der Waals surface area contributed by atoms with Crippen molar-refractivity contribution in [2.45, 2.75) is 33.1 Å². The number of carbonyl (C=O) groups is 1. The summed E-state index contributed by atoms with van der Waals surface area (Å²) in [5.74, 6) is 1.04. The summed E-state index contributed by atoms with van der Waals surface area (Å²) in [6.07, 6.45) is 2.77. The molecule has 0 unspecified atom stereocenters. The monoisotopic (exact) mass is 491 g/mol. The molecule has 2 aromatic rings. The van der Waals surface area contributed by atoms with Crippen LogP contribution in [0.3, 0.4) is 0 Å². The van der Waals surface area contributed by atoms with Crippen LogP contribution in [0.4, 0.5) is 10.1 Å². The van der Waals surface area contributed by atoms with Crippen molar-refractivity contribution in [3.8, 4) is 0 Å². The number of piperazine rings is 1. The molecule has 192 valence electrons. The summed E-state index contributed by atoms with van der Waals surface area (Å²) in [5, 5.41) is 3.46. The van der Waals surface area contributed by atoms with Gasteiger partial charge in [-0.1, -0.05) is 31.2 Å². The molecule has 0 aromatic heterocycles. The Morgan fingerprint density at radius 1 is 1.06 bits per heavy atom. The van der Waals surface area contributed by atoms with Crippen LogP contribution in [0.5, 0.6) is 0 Å². The van der Waals surface area contributed by atoms with Crippen molar-refractivity contribution in [2.75, 3.05) is 44.6 Å². The van der Waals surface area contributed by atoms with Crippen LogP contribution < -0.4 is 11.1 Å². The van der Waals surface area contributed by atoms with Crippen LogP contribution in [0.15, 0.2) is 66.6 Å². The standard InChI is InChI=1S/C29H38FN5O/c1-4-33-15-13-23(14-16-33)19-27(36)34-17-18-35(22(3)20-34)29(32-26-11-5-21(2)6-12-26)28(31)24-7-9-25(30)10-8-24/h5-12,23,32H,3-4,13-20,31H2,1-2H3/b29-28-. The molecule has 7 heteroatoms. The summed E-state index contributed by atoms with van der Waals surface area (Å²) in [6, 6.07) is 14.2. The van der Waals surface area contributed by atoms with E-state index in [9.17, 15) is 9.18 Å².